The molecule has 6 heteroatoms. The van der Waals surface area contributed by atoms with Gasteiger partial charge in [0.15, 0.2) is 0 Å². The number of rotatable bonds is 4. The predicted octanol–water partition coefficient (Wildman–Crippen LogP) is 4.32. The fourth-order valence-corrected chi connectivity index (χ4v) is 4.54. The minimum atomic E-state index is -0.0251. The van der Waals surface area contributed by atoms with Crippen LogP contribution in [0.15, 0.2) is 38.7 Å². The molecule has 0 saturated heterocycles. The topological polar surface area (TPSA) is 38.3 Å². The first-order chi connectivity index (χ1) is 10.6. The molecule has 0 atom stereocenters. The lowest BCUT2D eigenvalue weighted by Crippen LogP contribution is -2.28. The largest absolute Gasteiger partial charge is 0.496 e. The van der Waals surface area contributed by atoms with Crippen LogP contribution in [0.5, 0.6) is 0 Å². The summed E-state index contributed by atoms with van der Waals surface area (Å²) in [5, 5.41) is 6.43. The molecular formula is C16H16BrNO2S2. The van der Waals surface area contributed by atoms with Crippen molar-refractivity contribution in [1.82, 2.24) is 5.32 Å². The van der Waals surface area contributed by atoms with E-state index in [1.165, 1.54) is 15.6 Å². The van der Waals surface area contributed by atoms with Gasteiger partial charge in [0, 0.05) is 21.5 Å². The van der Waals surface area contributed by atoms with E-state index >= 15 is 0 Å². The number of carbonyl (C=O) groups is 1. The molecule has 2 heterocycles. The van der Waals surface area contributed by atoms with Gasteiger partial charge in [-0.25, -0.2) is 0 Å². The first-order valence-corrected chi connectivity index (χ1v) is 9.71. The highest BCUT2D eigenvalue weighted by atomic mass is 79.9. The molecule has 0 fully saturated rings. The van der Waals surface area contributed by atoms with E-state index in [0.29, 0.717) is 18.1 Å². The maximum atomic E-state index is 12.2. The highest BCUT2D eigenvalue weighted by Gasteiger charge is 2.18. The fraction of sp³-hybridized carbons (Fsp3) is 0.312. The average Bonchev–Trinajstić information content (AvgIpc) is 2.90. The van der Waals surface area contributed by atoms with E-state index in [-0.39, 0.29) is 5.91 Å². The third kappa shape index (κ3) is 3.50. The van der Waals surface area contributed by atoms with Crippen LogP contribution in [0.4, 0.5) is 0 Å². The third-order valence-electron chi connectivity index (χ3n) is 3.47. The van der Waals surface area contributed by atoms with E-state index in [0.717, 1.165) is 22.4 Å². The number of hydrogen-bond donors (Lipinski definition) is 1. The minimum absolute atomic E-state index is 0.0251. The van der Waals surface area contributed by atoms with Gasteiger partial charge in [0.2, 0.25) is 0 Å². The summed E-state index contributed by atoms with van der Waals surface area (Å²) in [6.07, 6.45) is 0.833. The molecule has 3 nitrogen and oxygen atoms in total. The quantitative estimate of drug-likeness (QED) is 0.834. The number of ether oxygens (including phenoxy) is 1. The van der Waals surface area contributed by atoms with Gasteiger partial charge in [0.25, 0.3) is 5.91 Å². The van der Waals surface area contributed by atoms with Gasteiger partial charge in [-0.3, -0.25) is 4.79 Å². The number of fused-ring (bicyclic) bond motifs is 1. The highest BCUT2D eigenvalue weighted by Crippen LogP contribution is 2.29. The Morgan fingerprint density at radius 1 is 1.45 bits per heavy atom. The molecule has 0 spiro atoms. The number of nitrogens with one attached hydrogen (secondary N) is 1. The Balaban J connectivity index is 1.63. The number of benzene rings is 1. The van der Waals surface area contributed by atoms with Gasteiger partial charge in [-0.15, -0.1) is 23.1 Å². The van der Waals surface area contributed by atoms with E-state index in [1.807, 2.05) is 6.92 Å². The lowest BCUT2D eigenvalue weighted by molar-refractivity contribution is -0.117. The second-order valence-electron chi connectivity index (χ2n) is 4.99. The number of amides is 1. The number of allylic oxidation sites excluding steroid dienone is 1. The summed E-state index contributed by atoms with van der Waals surface area (Å²) in [5.74, 6) is 1.55. The normalized spacial score (nSPS) is 15.0. The molecule has 116 valence electrons. The van der Waals surface area contributed by atoms with Crippen LogP contribution in [0.25, 0.3) is 10.1 Å². The fourth-order valence-electron chi connectivity index (χ4n) is 2.37. The second-order valence-corrected chi connectivity index (χ2v) is 7.92. The first kappa shape index (κ1) is 15.9. The summed E-state index contributed by atoms with van der Waals surface area (Å²) in [4.78, 5) is 12.9. The monoisotopic (exact) mass is 397 g/mol. The minimum Gasteiger partial charge on any atom is -0.496 e. The second kappa shape index (κ2) is 7.06. The maximum absolute atomic E-state index is 12.2. The van der Waals surface area contributed by atoms with E-state index in [9.17, 15) is 4.79 Å². The Morgan fingerprint density at radius 3 is 3.14 bits per heavy atom. The SMILES string of the molecule is CC1=C(C(=O)NCCc2csc3ccc(Br)cc23)SCCO1. The van der Waals surface area contributed by atoms with Gasteiger partial charge < -0.3 is 10.1 Å². The Bertz CT molecular complexity index is 739. The molecule has 1 amide bonds. The molecule has 1 aromatic carbocycles. The molecule has 0 saturated carbocycles. The van der Waals surface area contributed by atoms with Gasteiger partial charge in [-0.05, 0) is 47.9 Å². The lowest BCUT2D eigenvalue weighted by Gasteiger charge is -2.17. The van der Waals surface area contributed by atoms with E-state index < -0.39 is 0 Å². The van der Waals surface area contributed by atoms with Crippen molar-refractivity contribution >= 4 is 55.0 Å². The molecule has 22 heavy (non-hydrogen) atoms. The third-order valence-corrected chi connectivity index (χ3v) is 6.11. The summed E-state index contributed by atoms with van der Waals surface area (Å²) in [6, 6.07) is 6.32. The Kier molecular flexibility index (Phi) is 5.10. The van der Waals surface area contributed by atoms with Gasteiger partial charge >= 0.3 is 0 Å². The van der Waals surface area contributed by atoms with Crippen LogP contribution in [0.2, 0.25) is 0 Å². The van der Waals surface area contributed by atoms with Crippen LogP contribution < -0.4 is 5.32 Å². The molecule has 0 aliphatic carbocycles. The van der Waals surface area contributed by atoms with Crippen molar-refractivity contribution < 1.29 is 9.53 Å². The number of thiophene rings is 1. The first-order valence-electron chi connectivity index (χ1n) is 7.05. The van der Waals surface area contributed by atoms with Crippen molar-refractivity contribution in [2.75, 3.05) is 18.9 Å². The van der Waals surface area contributed by atoms with Crippen LogP contribution in [0, 0.1) is 0 Å². The van der Waals surface area contributed by atoms with Crippen molar-refractivity contribution in [3.63, 3.8) is 0 Å². The van der Waals surface area contributed by atoms with Crippen LogP contribution in [-0.4, -0.2) is 24.8 Å². The zero-order valence-electron chi connectivity index (χ0n) is 12.1. The predicted molar refractivity (Wildman–Crippen MR) is 97.3 cm³/mol. The molecule has 0 bridgehead atoms. The number of hydrogen-bond acceptors (Lipinski definition) is 4. The van der Waals surface area contributed by atoms with Gasteiger partial charge in [0.05, 0.1) is 6.61 Å². The maximum Gasteiger partial charge on any atom is 0.261 e. The van der Waals surface area contributed by atoms with Crippen LogP contribution in [0.3, 0.4) is 0 Å². The van der Waals surface area contributed by atoms with Gasteiger partial charge in [0.1, 0.15) is 10.7 Å². The zero-order chi connectivity index (χ0) is 15.5. The molecule has 1 aromatic heterocycles. The Morgan fingerprint density at radius 2 is 2.32 bits per heavy atom. The van der Waals surface area contributed by atoms with E-state index in [4.69, 9.17) is 4.74 Å². The standard InChI is InChI=1S/C16H16BrNO2S2/c1-10-15(21-7-6-20-10)16(19)18-5-4-11-9-22-14-3-2-12(17)8-13(11)14/h2-3,8-9H,4-7H2,1H3,(H,18,19). The summed E-state index contributed by atoms with van der Waals surface area (Å²) >= 11 is 6.83. The van der Waals surface area contributed by atoms with Crippen molar-refractivity contribution in [2.24, 2.45) is 0 Å². The van der Waals surface area contributed by atoms with E-state index in [1.54, 1.807) is 23.1 Å². The lowest BCUT2D eigenvalue weighted by atomic mass is 10.1. The highest BCUT2D eigenvalue weighted by molar-refractivity contribution is 9.10. The Hall–Kier alpha value is -0.980. The molecule has 1 aliphatic heterocycles. The number of halogens is 1. The van der Waals surface area contributed by atoms with Crippen molar-refractivity contribution in [2.45, 2.75) is 13.3 Å². The zero-order valence-corrected chi connectivity index (χ0v) is 15.4. The molecule has 3 rings (SSSR count). The van der Waals surface area contributed by atoms with Crippen molar-refractivity contribution in [1.29, 1.82) is 0 Å². The Labute approximate surface area is 146 Å². The summed E-state index contributed by atoms with van der Waals surface area (Å²) in [5.41, 5.74) is 1.28. The molecule has 0 radical (unpaired) electrons. The van der Waals surface area contributed by atoms with Crippen LogP contribution in [0.1, 0.15) is 12.5 Å². The smallest absolute Gasteiger partial charge is 0.261 e. The van der Waals surface area contributed by atoms with Gasteiger partial charge in [-0.2, -0.15) is 0 Å². The number of carbonyl (C=O) groups excluding carboxylic acids is 1. The summed E-state index contributed by atoms with van der Waals surface area (Å²) in [6.45, 7) is 3.17. The van der Waals surface area contributed by atoms with Gasteiger partial charge in [-0.1, -0.05) is 15.9 Å². The van der Waals surface area contributed by atoms with Crippen LogP contribution in [-0.2, 0) is 16.0 Å². The van der Waals surface area contributed by atoms with Crippen molar-refractivity contribution in [3.8, 4) is 0 Å². The molecule has 1 aliphatic rings. The average molecular weight is 398 g/mol. The van der Waals surface area contributed by atoms with E-state index in [2.05, 4.69) is 44.8 Å². The summed E-state index contributed by atoms with van der Waals surface area (Å²) < 4.78 is 7.79. The molecule has 2 aromatic rings. The molecular weight excluding hydrogens is 382 g/mol. The van der Waals surface area contributed by atoms with Crippen LogP contribution >= 0.6 is 39.0 Å². The summed E-state index contributed by atoms with van der Waals surface area (Å²) in [7, 11) is 0. The number of thioether (sulfide) groups is 1. The van der Waals surface area contributed by atoms with Crippen molar-refractivity contribution in [3.05, 3.63) is 44.3 Å². The molecule has 1 N–H and O–H groups in total. The molecule has 0 unspecified atom stereocenters.